The predicted molar refractivity (Wildman–Crippen MR) is 55.2 cm³/mol. The van der Waals surface area contributed by atoms with Crippen LogP contribution in [0.3, 0.4) is 0 Å². The van der Waals surface area contributed by atoms with Gasteiger partial charge in [-0.3, -0.25) is 9.69 Å². The van der Waals surface area contributed by atoms with Crippen molar-refractivity contribution in [2.45, 2.75) is 26.2 Å². The van der Waals surface area contributed by atoms with Gasteiger partial charge in [-0.2, -0.15) is 0 Å². The molecule has 2 nitrogen and oxygen atoms in total. The van der Waals surface area contributed by atoms with Crippen molar-refractivity contribution in [1.29, 1.82) is 0 Å². The van der Waals surface area contributed by atoms with Crippen molar-refractivity contribution in [1.82, 2.24) is 4.90 Å². The summed E-state index contributed by atoms with van der Waals surface area (Å²) in [4.78, 5) is 13.4. The predicted octanol–water partition coefficient (Wildman–Crippen LogP) is 1.92. The fraction of sp³-hybridized carbons (Fsp3) is 0.900. The maximum absolute atomic E-state index is 11.2. The van der Waals surface area contributed by atoms with Crippen LogP contribution in [0.1, 0.15) is 26.2 Å². The second kappa shape index (κ2) is 5.61. The Labute approximate surface area is 85.2 Å². The van der Waals surface area contributed by atoms with E-state index < -0.39 is 0 Å². The molecular formula is C10H18ClNO. The molecule has 0 amide bonds. The maximum atomic E-state index is 11.2. The molecule has 1 saturated heterocycles. The lowest BCUT2D eigenvalue weighted by atomic mass is 10.00. The summed E-state index contributed by atoms with van der Waals surface area (Å²) in [5.74, 6) is 1.67. The van der Waals surface area contributed by atoms with Gasteiger partial charge in [-0.05, 0) is 25.3 Å². The summed E-state index contributed by atoms with van der Waals surface area (Å²) in [6.45, 7) is 4.63. The van der Waals surface area contributed by atoms with Crippen LogP contribution in [0.5, 0.6) is 0 Å². The van der Waals surface area contributed by atoms with E-state index in [9.17, 15) is 4.79 Å². The monoisotopic (exact) mass is 203 g/mol. The highest BCUT2D eigenvalue weighted by atomic mass is 35.5. The number of likely N-dealkylation sites (tertiary alicyclic amines) is 1. The topological polar surface area (TPSA) is 20.3 Å². The molecule has 0 spiro atoms. The minimum absolute atomic E-state index is 0.343. The first-order chi connectivity index (χ1) is 6.26. The minimum atomic E-state index is 0.343. The Hall–Kier alpha value is -0.0800. The van der Waals surface area contributed by atoms with Crippen molar-refractivity contribution in [3.63, 3.8) is 0 Å². The highest BCUT2D eigenvalue weighted by Crippen LogP contribution is 2.17. The Morgan fingerprint density at radius 2 is 2.38 bits per heavy atom. The van der Waals surface area contributed by atoms with Crippen LogP contribution in [0.2, 0.25) is 0 Å². The first kappa shape index (κ1) is 11.0. The summed E-state index contributed by atoms with van der Waals surface area (Å²) in [5, 5.41) is 0. The van der Waals surface area contributed by atoms with E-state index in [1.165, 1.54) is 12.8 Å². The molecule has 3 heteroatoms. The lowest BCUT2D eigenvalue weighted by Gasteiger charge is -2.30. The maximum Gasteiger partial charge on any atom is 0.146 e. The van der Waals surface area contributed by atoms with Gasteiger partial charge in [0.15, 0.2) is 0 Å². The highest BCUT2D eigenvalue weighted by Gasteiger charge is 2.19. The van der Waals surface area contributed by atoms with Gasteiger partial charge in [-0.15, -0.1) is 11.6 Å². The Morgan fingerprint density at radius 3 is 3.00 bits per heavy atom. The Morgan fingerprint density at radius 1 is 1.62 bits per heavy atom. The van der Waals surface area contributed by atoms with Gasteiger partial charge in [-0.25, -0.2) is 0 Å². The van der Waals surface area contributed by atoms with Crippen LogP contribution in [-0.2, 0) is 4.79 Å². The third-order valence-electron chi connectivity index (χ3n) is 2.62. The van der Waals surface area contributed by atoms with E-state index in [1.807, 2.05) is 6.92 Å². The molecule has 1 unspecified atom stereocenters. The molecule has 1 atom stereocenters. The van der Waals surface area contributed by atoms with Crippen LogP contribution in [0.4, 0.5) is 0 Å². The molecule has 0 aromatic rings. The number of alkyl halides is 1. The number of piperidine rings is 1. The van der Waals surface area contributed by atoms with Crippen LogP contribution in [0.15, 0.2) is 0 Å². The number of hydrogen-bond donors (Lipinski definition) is 0. The number of carbonyl (C=O) groups is 1. The van der Waals surface area contributed by atoms with E-state index in [0.29, 0.717) is 24.7 Å². The van der Waals surface area contributed by atoms with Gasteiger partial charge in [0.2, 0.25) is 0 Å². The number of ketones is 1. The lowest BCUT2D eigenvalue weighted by molar-refractivity contribution is -0.120. The van der Waals surface area contributed by atoms with E-state index in [1.54, 1.807) is 0 Å². The van der Waals surface area contributed by atoms with Crippen LogP contribution in [0.25, 0.3) is 0 Å². The average Bonchev–Trinajstić information content (AvgIpc) is 2.18. The summed E-state index contributed by atoms with van der Waals surface area (Å²) in [6.07, 6.45) is 3.07. The molecule has 0 bridgehead atoms. The standard InChI is InChI=1S/C10H18ClNO/c1-2-10(13)8-12-5-3-4-9(6-11)7-12/h9H,2-8H2,1H3. The Kier molecular flexibility index (Phi) is 4.74. The zero-order valence-electron chi connectivity index (χ0n) is 8.26. The number of Topliss-reactive ketones (excluding diaryl/α,β-unsaturated/α-hetero) is 1. The molecule has 0 N–H and O–H groups in total. The molecule has 1 fully saturated rings. The molecule has 0 aliphatic carbocycles. The summed E-state index contributed by atoms with van der Waals surface area (Å²) < 4.78 is 0. The summed E-state index contributed by atoms with van der Waals surface area (Å²) in [7, 11) is 0. The van der Waals surface area contributed by atoms with Gasteiger partial charge in [0.05, 0.1) is 6.54 Å². The number of carbonyl (C=O) groups excluding carboxylic acids is 1. The van der Waals surface area contributed by atoms with Gasteiger partial charge in [0, 0.05) is 18.8 Å². The van der Waals surface area contributed by atoms with E-state index in [4.69, 9.17) is 11.6 Å². The van der Waals surface area contributed by atoms with E-state index in [2.05, 4.69) is 4.90 Å². The third-order valence-corrected chi connectivity index (χ3v) is 3.05. The Balaban J connectivity index is 2.29. The van der Waals surface area contributed by atoms with Crippen molar-refractivity contribution >= 4 is 17.4 Å². The summed E-state index contributed by atoms with van der Waals surface area (Å²) >= 11 is 5.80. The smallest absolute Gasteiger partial charge is 0.146 e. The van der Waals surface area contributed by atoms with E-state index in [0.717, 1.165) is 19.0 Å². The van der Waals surface area contributed by atoms with Gasteiger partial charge in [-0.1, -0.05) is 6.92 Å². The van der Waals surface area contributed by atoms with E-state index >= 15 is 0 Å². The SMILES string of the molecule is CCC(=O)CN1CCCC(CCl)C1. The molecule has 1 aliphatic heterocycles. The largest absolute Gasteiger partial charge is 0.298 e. The zero-order chi connectivity index (χ0) is 9.68. The van der Waals surface area contributed by atoms with Crippen LogP contribution >= 0.6 is 11.6 Å². The molecule has 0 aromatic carbocycles. The summed E-state index contributed by atoms with van der Waals surface area (Å²) in [6, 6.07) is 0. The van der Waals surface area contributed by atoms with Gasteiger partial charge in [0.1, 0.15) is 5.78 Å². The summed E-state index contributed by atoms with van der Waals surface area (Å²) in [5.41, 5.74) is 0. The second-order valence-electron chi connectivity index (χ2n) is 3.79. The third kappa shape index (κ3) is 3.65. The number of halogens is 1. The van der Waals surface area contributed by atoms with Gasteiger partial charge in [0.25, 0.3) is 0 Å². The van der Waals surface area contributed by atoms with Gasteiger partial charge >= 0.3 is 0 Å². The van der Waals surface area contributed by atoms with Crippen molar-refractivity contribution in [2.24, 2.45) is 5.92 Å². The average molecular weight is 204 g/mol. The normalized spacial score (nSPS) is 24.6. The van der Waals surface area contributed by atoms with Gasteiger partial charge < -0.3 is 0 Å². The second-order valence-corrected chi connectivity index (χ2v) is 4.10. The van der Waals surface area contributed by atoms with E-state index in [-0.39, 0.29) is 0 Å². The zero-order valence-corrected chi connectivity index (χ0v) is 9.02. The van der Waals surface area contributed by atoms with Crippen LogP contribution in [-0.4, -0.2) is 36.2 Å². The lowest BCUT2D eigenvalue weighted by Crippen LogP contribution is -2.39. The molecule has 0 radical (unpaired) electrons. The van der Waals surface area contributed by atoms with Crippen LogP contribution in [0, 0.1) is 5.92 Å². The first-order valence-corrected chi connectivity index (χ1v) is 5.59. The molecule has 13 heavy (non-hydrogen) atoms. The van der Waals surface area contributed by atoms with Crippen molar-refractivity contribution in [3.05, 3.63) is 0 Å². The molecule has 76 valence electrons. The Bertz CT molecular complexity index is 172. The fourth-order valence-electron chi connectivity index (χ4n) is 1.78. The molecular weight excluding hydrogens is 186 g/mol. The minimum Gasteiger partial charge on any atom is -0.298 e. The molecule has 0 saturated carbocycles. The highest BCUT2D eigenvalue weighted by molar-refractivity contribution is 6.18. The van der Waals surface area contributed by atoms with Crippen molar-refractivity contribution in [3.8, 4) is 0 Å². The fourth-order valence-corrected chi connectivity index (χ4v) is 2.03. The van der Waals surface area contributed by atoms with Crippen molar-refractivity contribution in [2.75, 3.05) is 25.5 Å². The number of rotatable bonds is 4. The molecule has 1 heterocycles. The molecule has 1 rings (SSSR count). The van der Waals surface area contributed by atoms with Crippen molar-refractivity contribution < 1.29 is 4.79 Å². The van der Waals surface area contributed by atoms with Crippen LogP contribution < -0.4 is 0 Å². The molecule has 1 aliphatic rings. The molecule has 0 aromatic heterocycles. The first-order valence-electron chi connectivity index (χ1n) is 5.06. The number of hydrogen-bond acceptors (Lipinski definition) is 2. The number of nitrogens with zero attached hydrogens (tertiary/aromatic N) is 1. The quantitative estimate of drug-likeness (QED) is 0.651.